The number of rotatable bonds is 7. The first-order chi connectivity index (χ1) is 12.5. The van der Waals surface area contributed by atoms with E-state index in [0.717, 1.165) is 24.0 Å². The summed E-state index contributed by atoms with van der Waals surface area (Å²) in [6.07, 6.45) is 10.7. The van der Waals surface area contributed by atoms with E-state index in [2.05, 4.69) is 47.6 Å². The molecular weight excluding hydrogens is 332 g/mol. The normalized spacial score (nSPS) is 26.4. The molecule has 0 aromatic heterocycles. The molecule has 2 N–H and O–H groups in total. The second-order valence-corrected chi connectivity index (χ2v) is 10.4. The largest absolute Gasteiger partial charge is 0.507 e. The Morgan fingerprint density at radius 1 is 1.04 bits per heavy atom. The molecule has 2 nitrogen and oxygen atoms in total. The lowest BCUT2D eigenvalue weighted by Crippen LogP contribution is -2.27. The zero-order chi connectivity index (χ0) is 20.0. The maximum absolute atomic E-state index is 10.9. The molecule has 0 amide bonds. The van der Waals surface area contributed by atoms with E-state index >= 15 is 0 Å². The van der Waals surface area contributed by atoms with Crippen LogP contribution in [0.4, 0.5) is 0 Å². The number of unbranched alkanes of at least 4 members (excludes halogenated alkanes) is 3. The Morgan fingerprint density at radius 3 is 2.15 bits per heavy atom. The van der Waals surface area contributed by atoms with E-state index in [-0.39, 0.29) is 27.7 Å². The molecule has 2 heteroatoms. The number of benzene rings is 1. The molecule has 0 heterocycles. The third-order valence-electron chi connectivity index (χ3n) is 7.97. The lowest BCUT2D eigenvalue weighted by Gasteiger charge is -2.34. The molecule has 150 valence electrons. The molecule has 0 saturated heterocycles. The smallest absolute Gasteiger partial charge is 0.127 e. The number of fused-ring (bicyclic) bond motifs is 2. The maximum atomic E-state index is 10.9. The van der Waals surface area contributed by atoms with Crippen LogP contribution in [-0.2, 0) is 5.41 Å². The van der Waals surface area contributed by atoms with Crippen LogP contribution < -0.4 is 0 Å². The van der Waals surface area contributed by atoms with Crippen molar-refractivity contribution in [3.05, 3.63) is 29.3 Å². The Kier molecular flexibility index (Phi) is 5.16. The molecule has 0 aliphatic heterocycles. The van der Waals surface area contributed by atoms with Crippen molar-refractivity contribution in [1.29, 1.82) is 0 Å². The van der Waals surface area contributed by atoms with Gasteiger partial charge < -0.3 is 10.2 Å². The van der Waals surface area contributed by atoms with Gasteiger partial charge in [0.05, 0.1) is 5.56 Å². The average molecular weight is 371 g/mol. The van der Waals surface area contributed by atoms with Gasteiger partial charge in [-0.05, 0) is 64.7 Å². The molecule has 2 bridgehead atoms. The first-order valence-corrected chi connectivity index (χ1v) is 10.8. The van der Waals surface area contributed by atoms with E-state index in [4.69, 9.17) is 0 Å². The van der Waals surface area contributed by atoms with Gasteiger partial charge >= 0.3 is 0 Å². The van der Waals surface area contributed by atoms with Crippen molar-refractivity contribution in [2.24, 2.45) is 16.7 Å². The molecule has 2 aliphatic carbocycles. The topological polar surface area (TPSA) is 40.5 Å². The molecule has 27 heavy (non-hydrogen) atoms. The van der Waals surface area contributed by atoms with Crippen molar-refractivity contribution in [3.63, 3.8) is 0 Å². The number of hydrogen-bond donors (Lipinski definition) is 2. The summed E-state index contributed by atoms with van der Waals surface area (Å²) in [7, 11) is 0. The van der Waals surface area contributed by atoms with Gasteiger partial charge in [-0.15, -0.1) is 0 Å². The van der Waals surface area contributed by atoms with Gasteiger partial charge in [-0.3, -0.25) is 0 Å². The van der Waals surface area contributed by atoms with Crippen LogP contribution in [0.2, 0.25) is 0 Å². The van der Waals surface area contributed by atoms with E-state index < -0.39 is 0 Å². The van der Waals surface area contributed by atoms with E-state index in [0.29, 0.717) is 11.5 Å². The fourth-order valence-corrected chi connectivity index (χ4v) is 5.45. The van der Waals surface area contributed by atoms with Gasteiger partial charge in [-0.2, -0.15) is 0 Å². The maximum Gasteiger partial charge on any atom is 0.127 e. The quantitative estimate of drug-likeness (QED) is 0.499. The molecule has 1 aromatic carbocycles. The fourth-order valence-electron chi connectivity index (χ4n) is 5.45. The molecule has 2 atom stereocenters. The summed E-state index contributed by atoms with van der Waals surface area (Å²) in [5.41, 5.74) is 3.14. The Hall–Kier alpha value is -1.44. The zero-order valence-corrected chi connectivity index (χ0v) is 18.2. The first-order valence-electron chi connectivity index (χ1n) is 10.8. The summed E-state index contributed by atoms with van der Waals surface area (Å²) < 4.78 is 0. The zero-order valence-electron chi connectivity index (χ0n) is 18.2. The van der Waals surface area contributed by atoms with Crippen LogP contribution >= 0.6 is 0 Å². The van der Waals surface area contributed by atoms with E-state index in [1.54, 1.807) is 0 Å². The number of allylic oxidation sites excluding steroid dienone is 2. The predicted octanol–water partition coefficient (Wildman–Crippen LogP) is 7.19. The van der Waals surface area contributed by atoms with Gasteiger partial charge in [0.1, 0.15) is 11.5 Å². The van der Waals surface area contributed by atoms with Crippen molar-refractivity contribution in [1.82, 2.24) is 0 Å². The molecule has 1 fully saturated rings. The minimum absolute atomic E-state index is 0.0461. The highest BCUT2D eigenvalue weighted by Gasteiger charge is 2.56. The Balaban J connectivity index is 1.89. The monoisotopic (exact) mass is 370 g/mol. The van der Waals surface area contributed by atoms with Gasteiger partial charge in [0.15, 0.2) is 0 Å². The lowest BCUT2D eigenvalue weighted by molar-refractivity contribution is 0.183. The van der Waals surface area contributed by atoms with Crippen molar-refractivity contribution in [2.75, 3.05) is 0 Å². The minimum atomic E-state index is -0.0461. The van der Waals surface area contributed by atoms with Gasteiger partial charge in [0, 0.05) is 0 Å². The average Bonchev–Trinajstić information content (AvgIpc) is 2.91. The highest BCUT2D eigenvalue weighted by Crippen LogP contribution is 2.67. The Bertz CT molecular complexity index is 718. The second kappa shape index (κ2) is 6.87. The highest BCUT2D eigenvalue weighted by molar-refractivity contribution is 5.80. The van der Waals surface area contributed by atoms with Gasteiger partial charge in [-0.1, -0.05) is 73.3 Å². The molecule has 0 radical (unpaired) electrons. The van der Waals surface area contributed by atoms with Crippen LogP contribution in [0.25, 0.3) is 5.57 Å². The lowest BCUT2D eigenvalue weighted by atomic mass is 9.70. The number of phenols is 2. The van der Waals surface area contributed by atoms with Gasteiger partial charge in [0.2, 0.25) is 0 Å². The third kappa shape index (κ3) is 3.30. The molecular formula is C25H38O2. The minimum Gasteiger partial charge on any atom is -0.507 e. The second-order valence-electron chi connectivity index (χ2n) is 10.4. The van der Waals surface area contributed by atoms with E-state index in [1.807, 2.05) is 12.1 Å². The van der Waals surface area contributed by atoms with Crippen LogP contribution in [0.1, 0.15) is 97.6 Å². The summed E-state index contributed by atoms with van der Waals surface area (Å²) in [6.45, 7) is 13.6. The predicted molar refractivity (Wildman–Crippen MR) is 114 cm³/mol. The molecule has 2 aliphatic rings. The Morgan fingerprint density at radius 2 is 1.67 bits per heavy atom. The number of hydrogen-bond acceptors (Lipinski definition) is 2. The molecule has 1 saturated carbocycles. The van der Waals surface area contributed by atoms with Crippen molar-refractivity contribution in [2.45, 2.75) is 91.9 Å². The first kappa shape index (κ1) is 20.3. The summed E-state index contributed by atoms with van der Waals surface area (Å²) in [6, 6.07) is 3.80. The third-order valence-corrected chi connectivity index (χ3v) is 7.97. The van der Waals surface area contributed by atoms with Crippen molar-refractivity contribution < 1.29 is 10.2 Å². The summed E-state index contributed by atoms with van der Waals surface area (Å²) in [5, 5.41) is 21.8. The fraction of sp³-hybridized carbons (Fsp3) is 0.680. The number of aromatic hydroxyl groups is 2. The van der Waals surface area contributed by atoms with Gasteiger partial charge in [0.25, 0.3) is 0 Å². The summed E-state index contributed by atoms with van der Waals surface area (Å²) in [5.74, 6) is 0.891. The van der Waals surface area contributed by atoms with E-state index in [9.17, 15) is 10.2 Å². The molecule has 2 unspecified atom stereocenters. The highest BCUT2D eigenvalue weighted by atomic mass is 16.3. The summed E-state index contributed by atoms with van der Waals surface area (Å²) >= 11 is 0. The van der Waals surface area contributed by atoms with Crippen molar-refractivity contribution >= 4 is 5.57 Å². The van der Waals surface area contributed by atoms with Gasteiger partial charge in [-0.25, -0.2) is 0 Å². The Labute approximate surface area is 165 Å². The molecule has 1 aromatic rings. The van der Waals surface area contributed by atoms with Crippen molar-refractivity contribution in [3.8, 4) is 11.5 Å². The van der Waals surface area contributed by atoms with Crippen LogP contribution in [0.15, 0.2) is 18.2 Å². The van der Waals surface area contributed by atoms with Crippen LogP contribution in [-0.4, -0.2) is 10.2 Å². The van der Waals surface area contributed by atoms with Crippen LogP contribution in [0.3, 0.4) is 0 Å². The van der Waals surface area contributed by atoms with Crippen LogP contribution in [0.5, 0.6) is 11.5 Å². The van der Waals surface area contributed by atoms with E-state index in [1.165, 1.54) is 32.1 Å². The van der Waals surface area contributed by atoms with Crippen LogP contribution in [0, 0.1) is 16.7 Å². The number of phenolic OH excluding ortho intramolecular Hbond substituents is 2. The summed E-state index contributed by atoms with van der Waals surface area (Å²) in [4.78, 5) is 0. The molecule has 0 spiro atoms. The standard InChI is InChI=1S/C25H38O2/c1-7-8-9-10-12-23(2,3)17-14-20(26)22(21(27)15-17)18-16-25(6)13-11-19(18)24(25,4)5/h14-16,19,26-27H,7-13H2,1-6H3. The molecule has 3 rings (SSSR count). The SMILES string of the molecule is CCCCCCC(C)(C)c1cc(O)c(C2=CC3(C)CCC2C3(C)C)c(O)c1.